The summed E-state index contributed by atoms with van der Waals surface area (Å²) in [6.07, 6.45) is 2.06. The maximum atomic E-state index is 12.7. The van der Waals surface area contributed by atoms with Gasteiger partial charge in [0.1, 0.15) is 5.75 Å². The number of nitrogens with zero attached hydrogens (tertiary/aromatic N) is 1. The van der Waals surface area contributed by atoms with Crippen LogP contribution in [0.2, 0.25) is 0 Å². The predicted molar refractivity (Wildman–Crippen MR) is 96.0 cm³/mol. The molecular weight excluding hydrogens is 316 g/mol. The molecule has 0 saturated carbocycles. The van der Waals surface area contributed by atoms with Crippen molar-refractivity contribution in [1.82, 2.24) is 0 Å². The molecule has 2 aromatic carbocycles. The van der Waals surface area contributed by atoms with E-state index < -0.39 is 0 Å². The average Bonchev–Trinajstić information content (AvgIpc) is 2.95. The van der Waals surface area contributed by atoms with Crippen molar-refractivity contribution < 1.29 is 14.3 Å². The molecule has 5 heteroatoms. The number of fused-ring (bicyclic) bond motifs is 2. The van der Waals surface area contributed by atoms with Crippen LogP contribution in [-0.4, -0.2) is 24.5 Å². The van der Waals surface area contributed by atoms with Crippen molar-refractivity contribution >= 4 is 23.2 Å². The Labute approximate surface area is 146 Å². The first kappa shape index (κ1) is 15.7. The minimum Gasteiger partial charge on any atom is -0.484 e. The summed E-state index contributed by atoms with van der Waals surface area (Å²) in [5, 5.41) is 2.84. The lowest BCUT2D eigenvalue weighted by molar-refractivity contribution is -0.121. The molecule has 0 aliphatic carbocycles. The quantitative estimate of drug-likeness (QED) is 0.937. The van der Waals surface area contributed by atoms with Crippen molar-refractivity contribution in [2.75, 3.05) is 16.8 Å². The second-order valence-electron chi connectivity index (χ2n) is 6.60. The molecule has 2 aromatic rings. The lowest BCUT2D eigenvalue weighted by atomic mass is 10.0. The van der Waals surface area contributed by atoms with E-state index in [-0.39, 0.29) is 24.5 Å². The van der Waals surface area contributed by atoms with E-state index in [1.807, 2.05) is 35.2 Å². The van der Waals surface area contributed by atoms with Crippen LogP contribution in [0.3, 0.4) is 0 Å². The van der Waals surface area contributed by atoms with E-state index in [2.05, 4.69) is 18.3 Å². The van der Waals surface area contributed by atoms with Crippen molar-refractivity contribution in [3.8, 4) is 5.75 Å². The molecule has 2 aliphatic rings. The highest BCUT2D eigenvalue weighted by atomic mass is 16.5. The number of carbonyl (C=O) groups is 2. The molecule has 1 atom stereocenters. The van der Waals surface area contributed by atoms with Crippen LogP contribution in [0.15, 0.2) is 42.5 Å². The number of ether oxygens (including phenoxy) is 1. The average molecular weight is 336 g/mol. The second kappa shape index (κ2) is 6.24. The van der Waals surface area contributed by atoms with E-state index in [4.69, 9.17) is 4.74 Å². The Bertz CT molecular complexity index is 847. The van der Waals surface area contributed by atoms with Crippen LogP contribution in [0.4, 0.5) is 11.4 Å². The molecule has 5 nitrogen and oxygen atoms in total. The molecule has 0 saturated heterocycles. The van der Waals surface area contributed by atoms with Crippen molar-refractivity contribution in [3.63, 3.8) is 0 Å². The highest BCUT2D eigenvalue weighted by Crippen LogP contribution is 2.32. The molecule has 2 aliphatic heterocycles. The van der Waals surface area contributed by atoms with Crippen molar-refractivity contribution in [1.29, 1.82) is 0 Å². The zero-order valence-corrected chi connectivity index (χ0v) is 14.1. The molecule has 0 radical (unpaired) electrons. The van der Waals surface area contributed by atoms with Crippen molar-refractivity contribution in [2.24, 2.45) is 0 Å². The summed E-state index contributed by atoms with van der Waals surface area (Å²) < 4.78 is 5.73. The van der Waals surface area contributed by atoms with Gasteiger partial charge >= 0.3 is 0 Å². The molecular formula is C20H20N2O3. The van der Waals surface area contributed by atoms with E-state index in [1.54, 1.807) is 6.07 Å². The lowest BCUT2D eigenvalue weighted by Crippen LogP contribution is -2.39. The van der Waals surface area contributed by atoms with Gasteiger partial charge in [-0.1, -0.05) is 18.2 Å². The zero-order valence-electron chi connectivity index (χ0n) is 14.1. The van der Waals surface area contributed by atoms with Gasteiger partial charge in [0.15, 0.2) is 6.61 Å². The van der Waals surface area contributed by atoms with Gasteiger partial charge < -0.3 is 15.0 Å². The number of hydrogen-bond donors (Lipinski definition) is 1. The Hall–Kier alpha value is -2.82. The normalized spacial score (nSPS) is 18.4. The molecule has 0 bridgehead atoms. The summed E-state index contributed by atoms with van der Waals surface area (Å²) in [5.41, 5.74) is 4.06. The zero-order chi connectivity index (χ0) is 17.4. The third-order valence-electron chi connectivity index (χ3n) is 4.81. The van der Waals surface area contributed by atoms with Gasteiger partial charge in [-0.25, -0.2) is 0 Å². The van der Waals surface area contributed by atoms with E-state index >= 15 is 0 Å². The van der Waals surface area contributed by atoms with Crippen molar-refractivity contribution in [3.05, 3.63) is 53.6 Å². The summed E-state index contributed by atoms with van der Waals surface area (Å²) in [5.74, 6) is 0.657. The highest BCUT2D eigenvalue weighted by molar-refractivity contribution is 5.97. The minimum absolute atomic E-state index is 0.00379. The van der Waals surface area contributed by atoms with Gasteiger partial charge in [-0.15, -0.1) is 0 Å². The fourth-order valence-corrected chi connectivity index (χ4v) is 3.61. The molecule has 25 heavy (non-hydrogen) atoms. The third-order valence-corrected chi connectivity index (χ3v) is 4.81. The Morgan fingerprint density at radius 3 is 2.92 bits per heavy atom. The van der Waals surface area contributed by atoms with E-state index in [1.165, 1.54) is 5.56 Å². The fraction of sp³-hybridized carbons (Fsp3) is 0.300. The first-order chi connectivity index (χ1) is 12.1. The predicted octanol–water partition coefficient (Wildman–Crippen LogP) is 2.93. The molecule has 0 spiro atoms. The number of aryl methyl sites for hydroxylation is 1. The molecule has 1 N–H and O–H groups in total. The molecule has 2 amide bonds. The molecule has 0 aromatic heterocycles. The molecule has 4 rings (SSSR count). The number of amides is 2. The maximum absolute atomic E-state index is 12.7. The number of hydrogen-bond acceptors (Lipinski definition) is 3. The van der Waals surface area contributed by atoms with Gasteiger partial charge in [-0.3, -0.25) is 9.59 Å². The summed E-state index contributed by atoms with van der Waals surface area (Å²) in [7, 11) is 0. The van der Waals surface area contributed by atoms with Gasteiger partial charge in [0.25, 0.3) is 5.91 Å². The van der Waals surface area contributed by atoms with Crippen LogP contribution in [0, 0.1) is 0 Å². The molecule has 128 valence electrons. The Morgan fingerprint density at radius 1 is 1.20 bits per heavy atom. The lowest BCUT2D eigenvalue weighted by Gasteiger charge is -2.23. The number of para-hydroxylation sites is 1. The number of benzene rings is 2. The topological polar surface area (TPSA) is 58.6 Å². The van der Waals surface area contributed by atoms with Gasteiger partial charge in [0.2, 0.25) is 5.91 Å². The summed E-state index contributed by atoms with van der Waals surface area (Å²) in [6, 6.07) is 13.7. The summed E-state index contributed by atoms with van der Waals surface area (Å²) >= 11 is 0. The summed E-state index contributed by atoms with van der Waals surface area (Å²) in [4.78, 5) is 25.9. The number of nitrogens with one attached hydrogen (secondary N) is 1. The minimum atomic E-state index is -0.0385. The van der Waals surface area contributed by atoms with E-state index in [0.29, 0.717) is 18.6 Å². The Kier molecular flexibility index (Phi) is 3.92. The molecule has 0 fully saturated rings. The van der Waals surface area contributed by atoms with Gasteiger partial charge in [-0.2, -0.15) is 0 Å². The third kappa shape index (κ3) is 2.97. The van der Waals surface area contributed by atoms with E-state index in [0.717, 1.165) is 23.4 Å². The second-order valence-corrected chi connectivity index (χ2v) is 6.60. The SMILES string of the molecule is C[C@@H]1Cc2ccccc2N1C(=O)COc1ccc2c(c1)CCC(=O)N2. The maximum Gasteiger partial charge on any atom is 0.265 e. The van der Waals surface area contributed by atoms with Gasteiger partial charge in [0.05, 0.1) is 0 Å². The standard InChI is InChI=1S/C20H20N2O3/c1-13-10-15-4-2-3-5-18(15)22(13)20(24)12-25-16-7-8-17-14(11-16)6-9-19(23)21-17/h2-5,7-8,11,13H,6,9-10,12H2,1H3,(H,21,23)/t13-/m1/s1. The van der Waals surface area contributed by atoms with Crippen LogP contribution in [-0.2, 0) is 22.4 Å². The number of anilines is 2. The van der Waals surface area contributed by atoms with E-state index in [9.17, 15) is 9.59 Å². The first-order valence-electron chi connectivity index (χ1n) is 8.57. The van der Waals surface area contributed by atoms with Crippen LogP contribution in [0.1, 0.15) is 24.5 Å². The Balaban J connectivity index is 1.45. The molecule has 0 unspecified atom stereocenters. The summed E-state index contributed by atoms with van der Waals surface area (Å²) in [6.45, 7) is 2.06. The fourth-order valence-electron chi connectivity index (χ4n) is 3.61. The smallest absolute Gasteiger partial charge is 0.265 e. The van der Waals surface area contributed by atoms with Gasteiger partial charge in [0, 0.05) is 23.8 Å². The van der Waals surface area contributed by atoms with Crippen molar-refractivity contribution in [2.45, 2.75) is 32.2 Å². The largest absolute Gasteiger partial charge is 0.484 e. The number of carbonyl (C=O) groups excluding carboxylic acids is 2. The van der Waals surface area contributed by atoms with Crippen LogP contribution < -0.4 is 15.0 Å². The monoisotopic (exact) mass is 336 g/mol. The van der Waals surface area contributed by atoms with Crippen LogP contribution in [0.5, 0.6) is 5.75 Å². The molecule has 2 heterocycles. The Morgan fingerprint density at radius 2 is 2.04 bits per heavy atom. The van der Waals surface area contributed by atoms with Gasteiger partial charge in [-0.05, 0) is 55.2 Å². The first-order valence-corrected chi connectivity index (χ1v) is 8.57. The highest BCUT2D eigenvalue weighted by Gasteiger charge is 2.30. The number of rotatable bonds is 3. The van der Waals surface area contributed by atoms with Crippen LogP contribution in [0.25, 0.3) is 0 Å². The van der Waals surface area contributed by atoms with Crippen LogP contribution >= 0.6 is 0 Å².